The Balaban J connectivity index is 1.14. The first-order valence-electron chi connectivity index (χ1n) is 17.3. The SMILES string of the molecule is c1ccc2cc(-c3nc(-c4ccc5sc6ccccc6c5c4)nc(-c4cccc5c(-c6cccc7oc8ccccc8c67)cccc45)n3)ccc2c1. The topological polar surface area (TPSA) is 51.8 Å². The number of nitrogens with zero attached hydrogens (tertiary/aromatic N) is 3. The maximum Gasteiger partial charge on any atom is 0.164 e. The highest BCUT2D eigenvalue weighted by Gasteiger charge is 2.18. The van der Waals surface area contributed by atoms with E-state index in [1.165, 1.54) is 25.6 Å². The van der Waals surface area contributed by atoms with Gasteiger partial charge in [0.2, 0.25) is 0 Å². The number of furan rings is 1. The minimum atomic E-state index is 0.637. The van der Waals surface area contributed by atoms with Crippen molar-refractivity contribution in [2.75, 3.05) is 0 Å². The van der Waals surface area contributed by atoms with Crippen LogP contribution in [-0.4, -0.2) is 15.0 Å². The fourth-order valence-corrected chi connectivity index (χ4v) is 8.77. The molecule has 0 spiro atoms. The van der Waals surface area contributed by atoms with Crippen molar-refractivity contribution in [3.05, 3.63) is 164 Å². The van der Waals surface area contributed by atoms with Gasteiger partial charge in [0.25, 0.3) is 0 Å². The van der Waals surface area contributed by atoms with Crippen molar-refractivity contribution < 1.29 is 4.42 Å². The molecule has 0 fully saturated rings. The first-order chi connectivity index (χ1) is 25.7. The van der Waals surface area contributed by atoms with Crippen LogP contribution in [0.4, 0.5) is 0 Å². The molecule has 11 aromatic rings. The normalized spacial score (nSPS) is 11.8. The summed E-state index contributed by atoms with van der Waals surface area (Å²) in [5.74, 6) is 1.93. The Bertz CT molecular complexity index is 3210. The van der Waals surface area contributed by atoms with Crippen molar-refractivity contribution in [1.82, 2.24) is 15.0 Å². The lowest BCUT2D eigenvalue weighted by atomic mass is 9.93. The van der Waals surface area contributed by atoms with E-state index in [0.717, 1.165) is 65.9 Å². The Morgan fingerprint density at radius 2 is 0.962 bits per heavy atom. The van der Waals surface area contributed by atoms with E-state index in [-0.39, 0.29) is 0 Å². The second-order valence-corrected chi connectivity index (χ2v) is 14.2. The van der Waals surface area contributed by atoms with Gasteiger partial charge in [0.05, 0.1) is 0 Å². The van der Waals surface area contributed by atoms with E-state index in [0.29, 0.717) is 17.5 Å². The third-order valence-corrected chi connectivity index (χ3v) is 11.3. The van der Waals surface area contributed by atoms with Gasteiger partial charge in [-0.3, -0.25) is 0 Å². The molecule has 4 nitrogen and oxygen atoms in total. The monoisotopic (exact) mass is 681 g/mol. The van der Waals surface area contributed by atoms with Gasteiger partial charge in [0, 0.05) is 47.6 Å². The molecule has 0 saturated carbocycles. The Hall–Kier alpha value is -6.69. The van der Waals surface area contributed by atoms with E-state index in [2.05, 4.69) is 146 Å². The number of aromatic nitrogens is 3. The second-order valence-electron chi connectivity index (χ2n) is 13.2. The summed E-state index contributed by atoms with van der Waals surface area (Å²) in [7, 11) is 0. The molecule has 0 N–H and O–H groups in total. The van der Waals surface area contributed by atoms with Crippen LogP contribution in [0.2, 0.25) is 0 Å². The zero-order valence-corrected chi connectivity index (χ0v) is 28.6. The second kappa shape index (κ2) is 11.4. The van der Waals surface area contributed by atoms with Gasteiger partial charge in [0.15, 0.2) is 17.5 Å². The van der Waals surface area contributed by atoms with Gasteiger partial charge in [-0.15, -0.1) is 11.3 Å². The Morgan fingerprint density at radius 3 is 1.85 bits per heavy atom. The first kappa shape index (κ1) is 29.1. The molecule has 242 valence electrons. The molecule has 0 amide bonds. The average Bonchev–Trinajstić information content (AvgIpc) is 3.78. The molecule has 3 heterocycles. The van der Waals surface area contributed by atoms with E-state index in [4.69, 9.17) is 19.4 Å². The van der Waals surface area contributed by atoms with Crippen LogP contribution in [0.5, 0.6) is 0 Å². The summed E-state index contributed by atoms with van der Waals surface area (Å²) in [4.78, 5) is 15.6. The third kappa shape index (κ3) is 4.57. The molecular weight excluding hydrogens is 655 g/mol. The zero-order valence-electron chi connectivity index (χ0n) is 27.7. The highest BCUT2D eigenvalue weighted by molar-refractivity contribution is 7.25. The Morgan fingerprint density at radius 1 is 0.365 bits per heavy atom. The van der Waals surface area contributed by atoms with E-state index >= 15 is 0 Å². The summed E-state index contributed by atoms with van der Waals surface area (Å²) in [5, 5.41) is 9.21. The smallest absolute Gasteiger partial charge is 0.164 e. The molecule has 11 rings (SSSR count). The molecule has 8 aromatic carbocycles. The van der Waals surface area contributed by atoms with E-state index < -0.39 is 0 Å². The Kier molecular flexibility index (Phi) is 6.39. The fourth-order valence-electron chi connectivity index (χ4n) is 7.69. The van der Waals surface area contributed by atoms with Crippen molar-refractivity contribution in [3.63, 3.8) is 0 Å². The molecule has 0 aliphatic carbocycles. The molecule has 0 bridgehead atoms. The zero-order chi connectivity index (χ0) is 34.2. The highest BCUT2D eigenvalue weighted by Crippen LogP contribution is 2.41. The van der Waals surface area contributed by atoms with E-state index in [1.807, 2.05) is 29.5 Å². The molecule has 5 heteroatoms. The van der Waals surface area contributed by atoms with Gasteiger partial charge in [-0.1, -0.05) is 121 Å². The summed E-state index contributed by atoms with van der Waals surface area (Å²) in [5.41, 5.74) is 6.90. The molecular formula is C47H27N3OS. The number of thiophene rings is 1. The summed E-state index contributed by atoms with van der Waals surface area (Å²) in [6, 6.07) is 57.4. The van der Waals surface area contributed by atoms with Crippen LogP contribution in [0.3, 0.4) is 0 Å². The number of para-hydroxylation sites is 1. The molecule has 52 heavy (non-hydrogen) atoms. The van der Waals surface area contributed by atoms with Crippen molar-refractivity contribution >= 4 is 75.0 Å². The number of hydrogen-bond donors (Lipinski definition) is 0. The quantitative estimate of drug-likeness (QED) is 0.185. The van der Waals surface area contributed by atoms with E-state index in [1.54, 1.807) is 0 Å². The lowest BCUT2D eigenvalue weighted by molar-refractivity contribution is 0.669. The number of benzene rings is 8. The van der Waals surface area contributed by atoms with Gasteiger partial charge in [-0.2, -0.15) is 0 Å². The van der Waals surface area contributed by atoms with Crippen LogP contribution in [0.25, 0.3) is 109 Å². The fraction of sp³-hybridized carbons (Fsp3) is 0. The van der Waals surface area contributed by atoms with Gasteiger partial charge >= 0.3 is 0 Å². The molecule has 0 radical (unpaired) electrons. The Labute approximate surface area is 302 Å². The van der Waals surface area contributed by atoms with Crippen LogP contribution in [0.1, 0.15) is 0 Å². The first-order valence-corrected chi connectivity index (χ1v) is 18.2. The number of rotatable bonds is 4. The summed E-state index contributed by atoms with van der Waals surface area (Å²) >= 11 is 1.81. The molecule has 0 unspecified atom stereocenters. The van der Waals surface area contributed by atoms with Crippen LogP contribution in [0.15, 0.2) is 168 Å². The predicted molar refractivity (Wildman–Crippen MR) is 217 cm³/mol. The predicted octanol–water partition coefficient (Wildman–Crippen LogP) is 13.1. The largest absolute Gasteiger partial charge is 0.456 e. The maximum atomic E-state index is 6.28. The molecule has 0 aliphatic rings. The van der Waals surface area contributed by atoms with Crippen LogP contribution < -0.4 is 0 Å². The van der Waals surface area contributed by atoms with Gasteiger partial charge in [-0.05, 0) is 75.1 Å². The van der Waals surface area contributed by atoms with Gasteiger partial charge < -0.3 is 4.42 Å². The van der Waals surface area contributed by atoms with Gasteiger partial charge in [-0.25, -0.2) is 15.0 Å². The minimum Gasteiger partial charge on any atom is -0.456 e. The third-order valence-electron chi connectivity index (χ3n) is 10.1. The molecule has 0 atom stereocenters. The van der Waals surface area contributed by atoms with Crippen LogP contribution in [0, 0.1) is 0 Å². The highest BCUT2D eigenvalue weighted by atomic mass is 32.1. The summed E-state index contributed by atoms with van der Waals surface area (Å²) < 4.78 is 8.79. The van der Waals surface area contributed by atoms with Crippen molar-refractivity contribution in [2.45, 2.75) is 0 Å². The molecule has 0 aliphatic heterocycles. The van der Waals surface area contributed by atoms with Crippen LogP contribution >= 0.6 is 11.3 Å². The lowest BCUT2D eigenvalue weighted by Crippen LogP contribution is -2.00. The van der Waals surface area contributed by atoms with Crippen LogP contribution in [-0.2, 0) is 0 Å². The minimum absolute atomic E-state index is 0.637. The summed E-state index contributed by atoms with van der Waals surface area (Å²) in [6.07, 6.45) is 0. The van der Waals surface area contributed by atoms with Crippen molar-refractivity contribution in [1.29, 1.82) is 0 Å². The maximum absolute atomic E-state index is 6.28. The van der Waals surface area contributed by atoms with Crippen molar-refractivity contribution in [2.24, 2.45) is 0 Å². The molecule has 0 saturated heterocycles. The standard InChI is InChI=1S/C47H27N3OS/c1-2-11-29-26-30(23-22-28(29)10-1)45-48-46(31-24-25-43-39(27-31)35-12-4-6-21-42(35)52-43)50-47(49-45)37-18-8-14-32-33(15-7-16-34(32)37)36-17-9-20-41-44(36)38-13-3-5-19-40(38)51-41/h1-27H. The lowest BCUT2D eigenvalue weighted by Gasteiger charge is -2.13. The number of hydrogen-bond acceptors (Lipinski definition) is 5. The molecule has 3 aromatic heterocycles. The van der Waals surface area contributed by atoms with E-state index in [9.17, 15) is 0 Å². The average molecular weight is 682 g/mol. The summed E-state index contributed by atoms with van der Waals surface area (Å²) in [6.45, 7) is 0. The van der Waals surface area contributed by atoms with Crippen molar-refractivity contribution in [3.8, 4) is 45.3 Å². The van der Waals surface area contributed by atoms with Gasteiger partial charge in [0.1, 0.15) is 11.2 Å². The number of fused-ring (bicyclic) bond motifs is 8.